The lowest BCUT2D eigenvalue weighted by molar-refractivity contribution is 0.126. The van der Waals surface area contributed by atoms with E-state index >= 15 is 0 Å². The van der Waals surface area contributed by atoms with Gasteiger partial charge in [0.2, 0.25) is 0 Å². The fraction of sp³-hybridized carbons (Fsp3) is 0.438. The lowest BCUT2D eigenvalue weighted by Crippen LogP contribution is -2.20. The summed E-state index contributed by atoms with van der Waals surface area (Å²) in [7, 11) is 0. The van der Waals surface area contributed by atoms with Crippen LogP contribution in [0.5, 0.6) is 0 Å². The summed E-state index contributed by atoms with van der Waals surface area (Å²) in [5, 5.41) is 15.6. The second-order valence-electron chi connectivity index (χ2n) is 5.34. The normalized spacial score (nSPS) is 19.6. The van der Waals surface area contributed by atoms with Crippen molar-refractivity contribution in [1.29, 1.82) is 0 Å². The van der Waals surface area contributed by atoms with Crippen LogP contribution in [0.1, 0.15) is 48.6 Å². The highest BCUT2D eigenvalue weighted by molar-refractivity contribution is 6.31. The average molecular weight is 291 g/mol. The maximum absolute atomic E-state index is 10.8. The van der Waals surface area contributed by atoms with Crippen LogP contribution in [0.25, 0.3) is 0 Å². The van der Waals surface area contributed by atoms with E-state index in [4.69, 9.17) is 11.6 Å². The van der Waals surface area contributed by atoms with E-state index in [1.165, 1.54) is 11.1 Å². The number of aromatic nitrogens is 2. The van der Waals surface area contributed by atoms with Crippen molar-refractivity contribution >= 4 is 11.6 Å². The summed E-state index contributed by atoms with van der Waals surface area (Å²) >= 11 is 6.22. The van der Waals surface area contributed by atoms with Gasteiger partial charge in [-0.25, -0.2) is 0 Å². The van der Waals surface area contributed by atoms with Gasteiger partial charge >= 0.3 is 0 Å². The summed E-state index contributed by atoms with van der Waals surface area (Å²) in [6.07, 6.45) is 4.23. The molecule has 0 aliphatic heterocycles. The third-order valence-corrected chi connectivity index (χ3v) is 4.50. The van der Waals surface area contributed by atoms with Gasteiger partial charge in [0.15, 0.2) is 0 Å². The smallest absolute Gasteiger partial charge is 0.104 e. The molecule has 1 aliphatic rings. The van der Waals surface area contributed by atoms with Crippen molar-refractivity contribution in [3.05, 3.63) is 52.3 Å². The van der Waals surface area contributed by atoms with Crippen molar-refractivity contribution in [1.82, 2.24) is 9.78 Å². The largest absolute Gasteiger partial charge is 0.386 e. The minimum Gasteiger partial charge on any atom is -0.386 e. The zero-order valence-electron chi connectivity index (χ0n) is 11.6. The highest BCUT2D eigenvalue weighted by Gasteiger charge is 2.30. The number of hydrogen-bond donors (Lipinski definition) is 1. The summed E-state index contributed by atoms with van der Waals surface area (Å²) in [5.41, 5.74) is 3.35. The van der Waals surface area contributed by atoms with Gasteiger partial charge in [-0.05, 0) is 37.3 Å². The molecule has 0 spiro atoms. The molecule has 2 aromatic rings. The first-order valence-electron chi connectivity index (χ1n) is 7.19. The highest BCUT2D eigenvalue weighted by atomic mass is 35.5. The molecule has 2 atom stereocenters. The molecule has 4 heteroatoms. The average Bonchev–Trinajstić information content (AvgIpc) is 2.87. The molecule has 1 N–H and O–H groups in total. The number of aliphatic hydroxyl groups excluding tert-OH is 1. The van der Waals surface area contributed by atoms with E-state index in [1.54, 1.807) is 10.9 Å². The Balaban J connectivity index is 1.99. The van der Waals surface area contributed by atoms with Crippen molar-refractivity contribution in [3.8, 4) is 0 Å². The molecule has 0 amide bonds. The number of aryl methyl sites for hydroxylation is 2. The van der Waals surface area contributed by atoms with E-state index in [0.717, 1.165) is 25.0 Å². The van der Waals surface area contributed by atoms with Crippen molar-refractivity contribution in [2.75, 3.05) is 0 Å². The van der Waals surface area contributed by atoms with Crippen molar-refractivity contribution in [3.63, 3.8) is 0 Å². The third-order valence-electron chi connectivity index (χ3n) is 4.21. The van der Waals surface area contributed by atoms with Crippen LogP contribution in [0.2, 0.25) is 5.02 Å². The monoisotopic (exact) mass is 290 g/mol. The van der Waals surface area contributed by atoms with Crippen LogP contribution in [-0.2, 0) is 13.0 Å². The van der Waals surface area contributed by atoms with Gasteiger partial charge in [-0.3, -0.25) is 4.68 Å². The fourth-order valence-electron chi connectivity index (χ4n) is 3.23. The van der Waals surface area contributed by atoms with E-state index in [9.17, 15) is 5.11 Å². The quantitative estimate of drug-likeness (QED) is 0.936. The number of nitrogens with zero attached hydrogens (tertiary/aromatic N) is 2. The molecule has 106 valence electrons. The minimum absolute atomic E-state index is 0.111. The van der Waals surface area contributed by atoms with Crippen molar-refractivity contribution in [2.24, 2.45) is 0 Å². The Hall–Kier alpha value is -1.32. The third kappa shape index (κ3) is 2.25. The van der Waals surface area contributed by atoms with Crippen LogP contribution in [0, 0.1) is 0 Å². The first kappa shape index (κ1) is 13.7. The molecule has 1 aromatic carbocycles. The van der Waals surface area contributed by atoms with Gasteiger partial charge < -0.3 is 5.11 Å². The predicted molar refractivity (Wildman–Crippen MR) is 80.0 cm³/mol. The zero-order chi connectivity index (χ0) is 14.1. The number of rotatable bonds is 3. The molecule has 20 heavy (non-hydrogen) atoms. The molecule has 1 heterocycles. The van der Waals surface area contributed by atoms with Gasteiger partial charge in [0.1, 0.15) is 6.10 Å². The van der Waals surface area contributed by atoms with E-state index < -0.39 is 6.10 Å². The van der Waals surface area contributed by atoms with Crippen molar-refractivity contribution in [2.45, 2.75) is 44.8 Å². The molecule has 1 aliphatic carbocycles. The predicted octanol–water partition coefficient (Wildman–Crippen LogP) is 3.71. The van der Waals surface area contributed by atoms with E-state index in [2.05, 4.69) is 23.3 Å². The van der Waals surface area contributed by atoms with Gasteiger partial charge in [-0.15, -0.1) is 0 Å². The van der Waals surface area contributed by atoms with Crippen LogP contribution in [0.3, 0.4) is 0 Å². The molecule has 0 saturated heterocycles. The van der Waals surface area contributed by atoms with Gasteiger partial charge in [-0.1, -0.05) is 35.9 Å². The van der Waals surface area contributed by atoms with Crippen LogP contribution in [0.4, 0.5) is 0 Å². The molecule has 0 radical (unpaired) electrons. The van der Waals surface area contributed by atoms with Crippen LogP contribution in [-0.4, -0.2) is 14.9 Å². The maximum atomic E-state index is 10.8. The second-order valence-corrected chi connectivity index (χ2v) is 5.74. The Morgan fingerprint density at radius 1 is 1.45 bits per heavy atom. The maximum Gasteiger partial charge on any atom is 0.104 e. The summed E-state index contributed by atoms with van der Waals surface area (Å²) in [6.45, 7) is 2.72. The SMILES string of the molecule is CCn1ncc(Cl)c1C(O)C1CCCc2ccccc21. The molecule has 2 unspecified atom stereocenters. The summed E-state index contributed by atoms with van der Waals surface area (Å²) in [4.78, 5) is 0. The molecule has 1 aromatic heterocycles. The number of aliphatic hydroxyl groups is 1. The summed E-state index contributed by atoms with van der Waals surface area (Å²) < 4.78 is 1.80. The number of fused-ring (bicyclic) bond motifs is 1. The second kappa shape index (κ2) is 5.58. The molecule has 3 rings (SSSR count). The van der Waals surface area contributed by atoms with Crippen molar-refractivity contribution < 1.29 is 5.11 Å². The van der Waals surface area contributed by atoms with Gasteiger partial charge in [0.25, 0.3) is 0 Å². The summed E-state index contributed by atoms with van der Waals surface area (Å²) in [5.74, 6) is 0.111. The fourth-order valence-corrected chi connectivity index (χ4v) is 3.48. The topological polar surface area (TPSA) is 38.0 Å². The molecular weight excluding hydrogens is 272 g/mol. The van der Waals surface area contributed by atoms with Gasteiger partial charge in [-0.2, -0.15) is 5.10 Å². The Kier molecular flexibility index (Phi) is 3.81. The van der Waals surface area contributed by atoms with E-state index in [-0.39, 0.29) is 5.92 Å². The van der Waals surface area contributed by atoms with Crippen LogP contribution in [0.15, 0.2) is 30.5 Å². The Labute approximate surface area is 124 Å². The first-order valence-corrected chi connectivity index (χ1v) is 7.57. The van der Waals surface area contributed by atoms with Crippen LogP contribution >= 0.6 is 11.6 Å². The first-order chi connectivity index (χ1) is 9.72. The van der Waals surface area contributed by atoms with Gasteiger partial charge in [0.05, 0.1) is 16.9 Å². The molecule has 0 saturated carbocycles. The van der Waals surface area contributed by atoms with E-state index in [1.807, 2.05) is 13.0 Å². The number of benzene rings is 1. The van der Waals surface area contributed by atoms with Gasteiger partial charge in [0, 0.05) is 12.5 Å². The lowest BCUT2D eigenvalue weighted by atomic mass is 9.79. The highest BCUT2D eigenvalue weighted by Crippen LogP contribution is 2.41. The molecule has 0 bridgehead atoms. The Morgan fingerprint density at radius 2 is 2.25 bits per heavy atom. The Bertz CT molecular complexity index is 608. The standard InChI is InChI=1S/C16H19ClN2O/c1-2-19-15(14(17)10-18-19)16(20)13-9-5-7-11-6-3-4-8-12(11)13/h3-4,6,8,10,13,16,20H,2,5,7,9H2,1H3. The molecule has 0 fully saturated rings. The van der Waals surface area contributed by atoms with E-state index in [0.29, 0.717) is 11.6 Å². The minimum atomic E-state index is -0.591. The zero-order valence-corrected chi connectivity index (χ0v) is 12.3. The summed E-state index contributed by atoms with van der Waals surface area (Å²) in [6, 6.07) is 8.40. The lowest BCUT2D eigenvalue weighted by Gasteiger charge is -2.30. The Morgan fingerprint density at radius 3 is 3.05 bits per heavy atom. The number of hydrogen-bond acceptors (Lipinski definition) is 2. The molecule has 3 nitrogen and oxygen atoms in total. The number of halogens is 1. The van der Waals surface area contributed by atoms with Crippen LogP contribution < -0.4 is 0 Å². The molecular formula is C16H19ClN2O.